The van der Waals surface area contributed by atoms with Crippen LogP contribution in [-0.2, 0) is 16.1 Å². The van der Waals surface area contributed by atoms with Gasteiger partial charge in [-0.05, 0) is 88.4 Å². The highest BCUT2D eigenvalue weighted by molar-refractivity contribution is 6.27. The highest BCUT2D eigenvalue weighted by atomic mass is 16.2. The minimum absolute atomic E-state index is 0.153. The molecule has 2 aromatic rings. The van der Waals surface area contributed by atoms with Crippen LogP contribution in [0.2, 0.25) is 0 Å². The number of nitrogens with one attached hydrogen (secondary N) is 1. The molecule has 3 aliphatic rings. The Kier molecular flexibility index (Phi) is 7.67. The van der Waals surface area contributed by atoms with Crippen molar-refractivity contribution in [1.29, 1.82) is 0 Å². The van der Waals surface area contributed by atoms with E-state index in [1.807, 2.05) is 18.2 Å². The number of hydrogen-bond donors (Lipinski definition) is 1. The fourth-order valence-electron chi connectivity index (χ4n) is 6.07. The van der Waals surface area contributed by atoms with Gasteiger partial charge in [0.2, 0.25) is 11.8 Å². The van der Waals surface area contributed by atoms with E-state index in [-0.39, 0.29) is 24.1 Å². The molecule has 0 spiro atoms. The molecule has 3 heterocycles. The summed E-state index contributed by atoms with van der Waals surface area (Å²) >= 11 is 0. The average Bonchev–Trinajstić information content (AvgIpc) is 3.16. The standard InChI is InChI=1S/C29H38N4O3/c1-31(16-5-2-3-6-17-32-18-7-4-8-19-32)20-21-12-13-24-27-22(21)10-9-11-23(27)29(36)33(24)25-14-15-26(34)30-28(25)35/h9-13,25H,2-8,14-20H2,1H3,(H,30,34,35). The lowest BCUT2D eigenvalue weighted by molar-refractivity contribution is -0.134. The van der Waals surface area contributed by atoms with Gasteiger partial charge in [-0.1, -0.05) is 37.5 Å². The maximum atomic E-state index is 13.3. The molecule has 1 unspecified atom stereocenters. The molecule has 2 aromatic carbocycles. The second-order valence-electron chi connectivity index (χ2n) is 10.7. The second kappa shape index (κ2) is 11.1. The van der Waals surface area contributed by atoms with E-state index in [4.69, 9.17) is 0 Å². The van der Waals surface area contributed by atoms with E-state index < -0.39 is 6.04 Å². The van der Waals surface area contributed by atoms with Gasteiger partial charge in [-0.3, -0.25) is 24.6 Å². The molecule has 3 amide bonds. The van der Waals surface area contributed by atoms with Crippen LogP contribution in [0.1, 0.15) is 73.7 Å². The first-order valence-electron chi connectivity index (χ1n) is 13.7. The number of nitrogens with zero attached hydrogens (tertiary/aromatic N) is 3. The van der Waals surface area contributed by atoms with Crippen LogP contribution in [0.5, 0.6) is 0 Å². The van der Waals surface area contributed by atoms with E-state index in [0.717, 1.165) is 29.5 Å². The van der Waals surface area contributed by atoms with Crippen molar-refractivity contribution in [3.63, 3.8) is 0 Å². The smallest absolute Gasteiger partial charge is 0.259 e. The zero-order chi connectivity index (χ0) is 25.1. The predicted octanol–water partition coefficient (Wildman–Crippen LogP) is 4.08. The van der Waals surface area contributed by atoms with Crippen molar-refractivity contribution in [1.82, 2.24) is 15.1 Å². The first-order valence-corrected chi connectivity index (χ1v) is 13.7. The van der Waals surface area contributed by atoms with Crippen molar-refractivity contribution < 1.29 is 14.4 Å². The lowest BCUT2D eigenvalue weighted by atomic mass is 9.99. The molecule has 7 heteroatoms. The largest absolute Gasteiger partial charge is 0.303 e. The third-order valence-electron chi connectivity index (χ3n) is 7.99. The number of anilines is 1. The molecule has 5 rings (SSSR count). The zero-order valence-electron chi connectivity index (χ0n) is 21.4. The molecule has 192 valence electrons. The highest BCUT2D eigenvalue weighted by Crippen LogP contribution is 2.41. The van der Waals surface area contributed by atoms with Gasteiger partial charge in [-0.15, -0.1) is 0 Å². The van der Waals surface area contributed by atoms with E-state index in [0.29, 0.717) is 12.0 Å². The SMILES string of the molecule is CN(CCCCCCN1CCCCC1)Cc1ccc2c3c(cccc13)C(=O)N2C1CCC(=O)NC1=O. The number of rotatable bonds is 10. The highest BCUT2D eigenvalue weighted by Gasteiger charge is 2.40. The van der Waals surface area contributed by atoms with Crippen LogP contribution in [0.25, 0.3) is 10.8 Å². The summed E-state index contributed by atoms with van der Waals surface area (Å²) in [5.74, 6) is -0.814. The van der Waals surface area contributed by atoms with E-state index >= 15 is 0 Å². The third kappa shape index (κ3) is 5.18. The van der Waals surface area contributed by atoms with Crippen LogP contribution in [0.15, 0.2) is 30.3 Å². The summed E-state index contributed by atoms with van der Waals surface area (Å²) in [4.78, 5) is 44.0. The van der Waals surface area contributed by atoms with Crippen molar-refractivity contribution in [2.45, 2.75) is 70.4 Å². The van der Waals surface area contributed by atoms with E-state index in [1.54, 1.807) is 4.90 Å². The Morgan fingerprint density at radius 2 is 1.78 bits per heavy atom. The number of imide groups is 1. The van der Waals surface area contributed by atoms with Crippen molar-refractivity contribution >= 4 is 34.2 Å². The first kappa shape index (κ1) is 24.9. The maximum absolute atomic E-state index is 13.3. The van der Waals surface area contributed by atoms with Gasteiger partial charge < -0.3 is 9.80 Å². The number of unbranched alkanes of at least 4 members (excludes halogenated alkanes) is 3. The quantitative estimate of drug-likeness (QED) is 0.401. The van der Waals surface area contributed by atoms with Crippen LogP contribution in [-0.4, -0.2) is 66.8 Å². The number of hydrogen-bond acceptors (Lipinski definition) is 5. The van der Waals surface area contributed by atoms with Crippen molar-refractivity contribution in [3.8, 4) is 0 Å². The Bertz CT molecular complexity index is 1140. The third-order valence-corrected chi connectivity index (χ3v) is 7.99. The Hall–Kier alpha value is -2.77. The Balaban J connectivity index is 1.19. The molecule has 0 aromatic heterocycles. The maximum Gasteiger partial charge on any atom is 0.259 e. The monoisotopic (exact) mass is 490 g/mol. The van der Waals surface area contributed by atoms with Gasteiger partial charge in [0.15, 0.2) is 0 Å². The molecule has 36 heavy (non-hydrogen) atoms. The van der Waals surface area contributed by atoms with Gasteiger partial charge in [0.25, 0.3) is 5.91 Å². The van der Waals surface area contributed by atoms with Gasteiger partial charge in [0.05, 0.1) is 5.69 Å². The number of likely N-dealkylation sites (tertiary alicyclic amines) is 1. The topological polar surface area (TPSA) is 73.0 Å². The molecule has 1 N–H and O–H groups in total. The summed E-state index contributed by atoms with van der Waals surface area (Å²) in [7, 11) is 2.16. The second-order valence-corrected chi connectivity index (χ2v) is 10.7. The van der Waals surface area contributed by atoms with Crippen molar-refractivity contribution in [2.24, 2.45) is 0 Å². The summed E-state index contributed by atoms with van der Waals surface area (Å²) in [5, 5.41) is 4.39. The molecular formula is C29H38N4O3. The Labute approximate surface area is 213 Å². The Morgan fingerprint density at radius 1 is 0.972 bits per heavy atom. The fraction of sp³-hybridized carbons (Fsp3) is 0.552. The average molecular weight is 491 g/mol. The number of piperidine rings is 2. The minimum atomic E-state index is -0.644. The van der Waals surface area contributed by atoms with E-state index in [2.05, 4.69) is 34.3 Å². The van der Waals surface area contributed by atoms with Crippen molar-refractivity contribution in [3.05, 3.63) is 41.5 Å². The number of amides is 3. The molecule has 1 atom stereocenters. The molecule has 2 fully saturated rings. The lowest BCUT2D eigenvalue weighted by Gasteiger charge is -2.30. The van der Waals surface area contributed by atoms with Crippen LogP contribution in [0.3, 0.4) is 0 Å². The molecule has 0 aliphatic carbocycles. The van der Waals surface area contributed by atoms with Crippen LogP contribution >= 0.6 is 0 Å². The fourth-order valence-corrected chi connectivity index (χ4v) is 6.07. The lowest BCUT2D eigenvalue weighted by Crippen LogP contribution is -2.53. The first-order chi connectivity index (χ1) is 17.5. The number of carbonyl (C=O) groups excluding carboxylic acids is 3. The minimum Gasteiger partial charge on any atom is -0.303 e. The van der Waals surface area contributed by atoms with Gasteiger partial charge in [0, 0.05) is 23.9 Å². The molecule has 0 bridgehead atoms. The van der Waals surface area contributed by atoms with Crippen molar-refractivity contribution in [2.75, 3.05) is 38.1 Å². The van der Waals surface area contributed by atoms with E-state index in [9.17, 15) is 14.4 Å². The summed E-state index contributed by atoms with van der Waals surface area (Å²) in [6.45, 7) is 5.70. The summed E-state index contributed by atoms with van der Waals surface area (Å²) in [6, 6.07) is 9.27. The van der Waals surface area contributed by atoms with Gasteiger partial charge in [0.1, 0.15) is 6.04 Å². The van der Waals surface area contributed by atoms with Crippen LogP contribution in [0, 0.1) is 0 Å². The van der Waals surface area contributed by atoms with Crippen LogP contribution < -0.4 is 10.2 Å². The normalized spacial score (nSPS) is 20.6. The Morgan fingerprint density at radius 3 is 2.58 bits per heavy atom. The van der Waals surface area contributed by atoms with Gasteiger partial charge in [-0.2, -0.15) is 0 Å². The molecule has 7 nitrogen and oxygen atoms in total. The molecule has 0 saturated carbocycles. The van der Waals surface area contributed by atoms with E-state index in [1.165, 1.54) is 70.1 Å². The molecular weight excluding hydrogens is 452 g/mol. The zero-order valence-corrected chi connectivity index (χ0v) is 21.4. The summed E-state index contributed by atoms with van der Waals surface area (Å²) in [6.07, 6.45) is 9.79. The molecule has 2 saturated heterocycles. The molecule has 3 aliphatic heterocycles. The number of carbonyl (C=O) groups is 3. The molecule has 0 radical (unpaired) electrons. The summed E-state index contributed by atoms with van der Waals surface area (Å²) in [5.41, 5.74) is 2.62. The number of benzene rings is 2. The van der Waals surface area contributed by atoms with Crippen LogP contribution in [0.4, 0.5) is 5.69 Å². The van der Waals surface area contributed by atoms with Gasteiger partial charge in [-0.25, -0.2) is 0 Å². The summed E-state index contributed by atoms with van der Waals surface area (Å²) < 4.78 is 0. The van der Waals surface area contributed by atoms with Gasteiger partial charge >= 0.3 is 0 Å². The predicted molar refractivity (Wildman–Crippen MR) is 142 cm³/mol.